The molecule has 0 unspecified atom stereocenters. The van der Waals surface area contributed by atoms with Crippen molar-refractivity contribution < 1.29 is 33.6 Å². The first kappa shape index (κ1) is 14.2. The summed E-state index contributed by atoms with van der Waals surface area (Å²) in [6.07, 6.45) is -2.42. The van der Waals surface area contributed by atoms with E-state index in [1.54, 1.807) is 0 Å². The van der Waals surface area contributed by atoms with Crippen LogP contribution < -0.4 is 5.32 Å². The largest absolute Gasteiger partial charge is 0.479 e. The van der Waals surface area contributed by atoms with Crippen LogP contribution in [0.15, 0.2) is 0 Å². The van der Waals surface area contributed by atoms with Crippen LogP contribution in [0.1, 0.15) is 6.92 Å². The molecule has 0 radical (unpaired) electrons. The summed E-state index contributed by atoms with van der Waals surface area (Å²) < 4.78 is 21.3. The molecule has 2 aliphatic heterocycles. The Kier molecular flexibility index (Phi) is 3.77. The summed E-state index contributed by atoms with van der Waals surface area (Å²) in [5, 5.41) is 12.0. The lowest BCUT2D eigenvalue weighted by molar-refractivity contribution is -0.240. The molecule has 5 atom stereocenters. The quantitative estimate of drug-likeness (QED) is 0.659. The van der Waals surface area contributed by atoms with Crippen molar-refractivity contribution in [3.8, 4) is 0 Å². The molecule has 8 nitrogen and oxygen atoms in total. The molecule has 8 heteroatoms. The van der Waals surface area contributed by atoms with Gasteiger partial charge in [0.2, 0.25) is 11.5 Å². The van der Waals surface area contributed by atoms with E-state index in [0.717, 1.165) is 0 Å². The van der Waals surface area contributed by atoms with Gasteiger partial charge in [-0.3, -0.25) is 4.79 Å². The van der Waals surface area contributed by atoms with Gasteiger partial charge in [-0.2, -0.15) is 0 Å². The number of carboxylic acids is 1. The van der Waals surface area contributed by atoms with E-state index in [2.05, 4.69) is 5.32 Å². The summed E-state index contributed by atoms with van der Waals surface area (Å²) in [6.45, 7) is 1.20. The molecule has 2 saturated heterocycles. The lowest BCUT2D eigenvalue weighted by atomic mass is 9.87. The molecule has 2 fully saturated rings. The van der Waals surface area contributed by atoms with Gasteiger partial charge in [0.1, 0.15) is 18.2 Å². The first-order valence-electron chi connectivity index (χ1n) is 5.81. The molecule has 2 bridgehead atoms. The van der Waals surface area contributed by atoms with Crippen LogP contribution in [0.3, 0.4) is 0 Å². The van der Waals surface area contributed by atoms with Crippen LogP contribution in [0.4, 0.5) is 0 Å². The van der Waals surface area contributed by atoms with E-state index in [1.165, 1.54) is 21.1 Å². The number of amides is 1. The van der Waals surface area contributed by atoms with Crippen LogP contribution in [0.2, 0.25) is 0 Å². The number of rotatable bonds is 4. The molecule has 0 aromatic carbocycles. The maximum absolute atomic E-state index is 11.5. The topological polar surface area (TPSA) is 103 Å². The number of aliphatic carboxylic acids is 1. The molecule has 0 saturated carbocycles. The first-order chi connectivity index (χ1) is 8.96. The highest BCUT2D eigenvalue weighted by Crippen LogP contribution is 2.39. The molecule has 2 N–H and O–H groups in total. The molecule has 2 aliphatic rings. The highest BCUT2D eigenvalue weighted by Gasteiger charge is 2.65. The van der Waals surface area contributed by atoms with Gasteiger partial charge in [-0.1, -0.05) is 0 Å². The van der Waals surface area contributed by atoms with Gasteiger partial charge in [0.05, 0.1) is 6.61 Å². The number of nitrogens with one attached hydrogen (secondary N) is 1. The van der Waals surface area contributed by atoms with E-state index in [9.17, 15) is 14.7 Å². The number of carboxylic acid groups (broad SMARTS) is 1. The number of carbonyl (C=O) groups is 2. The van der Waals surface area contributed by atoms with E-state index in [1.807, 2.05) is 0 Å². The van der Waals surface area contributed by atoms with Crippen LogP contribution in [0, 0.1) is 0 Å². The van der Waals surface area contributed by atoms with Gasteiger partial charge in [-0.15, -0.1) is 0 Å². The normalized spacial score (nSPS) is 41.0. The van der Waals surface area contributed by atoms with Crippen molar-refractivity contribution in [1.29, 1.82) is 0 Å². The number of methoxy groups -OCH3 is 2. The van der Waals surface area contributed by atoms with Gasteiger partial charge >= 0.3 is 5.97 Å². The zero-order valence-electron chi connectivity index (χ0n) is 10.9. The van der Waals surface area contributed by atoms with Gasteiger partial charge in [0.25, 0.3) is 0 Å². The van der Waals surface area contributed by atoms with Crippen molar-refractivity contribution in [1.82, 2.24) is 5.32 Å². The van der Waals surface area contributed by atoms with Gasteiger partial charge in [0, 0.05) is 21.1 Å². The van der Waals surface area contributed by atoms with E-state index >= 15 is 0 Å². The fourth-order valence-corrected chi connectivity index (χ4v) is 2.63. The Morgan fingerprint density at radius 1 is 1.37 bits per heavy atom. The molecule has 0 aromatic heterocycles. The second-order valence-electron chi connectivity index (χ2n) is 4.57. The summed E-state index contributed by atoms with van der Waals surface area (Å²) in [7, 11) is 2.79. The zero-order chi connectivity index (χ0) is 14.2. The lowest BCUT2D eigenvalue weighted by Crippen LogP contribution is -2.68. The Morgan fingerprint density at radius 2 is 2.05 bits per heavy atom. The molecule has 1 amide bonds. The highest BCUT2D eigenvalue weighted by molar-refractivity contribution is 5.80. The Hall–Kier alpha value is -1.22. The Bertz CT molecular complexity index is 387. The van der Waals surface area contributed by atoms with Crippen molar-refractivity contribution in [3.63, 3.8) is 0 Å². The highest BCUT2D eigenvalue weighted by atomic mass is 16.8. The van der Waals surface area contributed by atoms with Crippen LogP contribution in [0.5, 0.6) is 0 Å². The smallest absolute Gasteiger partial charge is 0.341 e. The fraction of sp³-hybridized carbons (Fsp3) is 0.818. The second-order valence-corrected chi connectivity index (χ2v) is 4.57. The maximum Gasteiger partial charge on any atom is 0.341 e. The third-order valence-electron chi connectivity index (χ3n) is 3.45. The average Bonchev–Trinajstić information content (AvgIpc) is 2.74. The van der Waals surface area contributed by atoms with E-state index < -0.39 is 36.1 Å². The van der Waals surface area contributed by atoms with Crippen molar-refractivity contribution in [3.05, 3.63) is 0 Å². The predicted molar refractivity (Wildman–Crippen MR) is 60.4 cm³/mol. The summed E-state index contributed by atoms with van der Waals surface area (Å²) >= 11 is 0. The molecule has 2 heterocycles. The molecule has 2 rings (SSSR count). The van der Waals surface area contributed by atoms with Crippen LogP contribution in [-0.2, 0) is 28.5 Å². The fourth-order valence-electron chi connectivity index (χ4n) is 2.63. The predicted octanol–water partition coefficient (Wildman–Crippen LogP) is -1.27. The van der Waals surface area contributed by atoms with Gasteiger partial charge in [0.15, 0.2) is 6.29 Å². The van der Waals surface area contributed by atoms with Crippen molar-refractivity contribution in [2.24, 2.45) is 0 Å². The molecule has 0 aliphatic carbocycles. The van der Waals surface area contributed by atoms with Crippen LogP contribution >= 0.6 is 0 Å². The van der Waals surface area contributed by atoms with Crippen LogP contribution in [0.25, 0.3) is 0 Å². The van der Waals surface area contributed by atoms with Crippen molar-refractivity contribution in [2.75, 3.05) is 20.8 Å². The molecular formula is C11H17NO7. The molecule has 0 spiro atoms. The Balaban J connectivity index is 2.34. The average molecular weight is 275 g/mol. The maximum atomic E-state index is 11.5. The summed E-state index contributed by atoms with van der Waals surface area (Å²) in [5.41, 5.74) is -1.60. The zero-order valence-corrected chi connectivity index (χ0v) is 10.9. The lowest BCUT2D eigenvalue weighted by Gasteiger charge is -2.43. The second kappa shape index (κ2) is 5.04. The summed E-state index contributed by atoms with van der Waals surface area (Å²) in [4.78, 5) is 22.7. The summed E-state index contributed by atoms with van der Waals surface area (Å²) in [6, 6.07) is -0.623. The van der Waals surface area contributed by atoms with E-state index in [0.29, 0.717) is 0 Å². The Labute approximate surface area is 109 Å². The number of hydrogen-bond donors (Lipinski definition) is 2. The van der Waals surface area contributed by atoms with Gasteiger partial charge < -0.3 is 29.4 Å². The molecule has 108 valence electrons. The van der Waals surface area contributed by atoms with Gasteiger partial charge in [-0.05, 0) is 0 Å². The minimum atomic E-state index is -1.60. The third kappa shape index (κ3) is 2.10. The first-order valence-corrected chi connectivity index (χ1v) is 5.81. The number of carbonyl (C=O) groups excluding carboxylic acids is 1. The minimum Gasteiger partial charge on any atom is -0.479 e. The van der Waals surface area contributed by atoms with E-state index in [-0.39, 0.29) is 12.5 Å². The Morgan fingerprint density at radius 3 is 2.53 bits per heavy atom. The SMILES string of the molecule is CO[C@@H]1[C@@H](NC(C)=O)[C@H]2OC[C@](C(=O)O)(O2)[C@@H]1OC. The number of hydrogen-bond acceptors (Lipinski definition) is 6. The molecule has 0 aromatic rings. The standard InChI is InChI=1S/C11H17NO7/c1-5(13)12-6-7(16-2)8(17-3)11(10(14)15)4-18-9(6)19-11/h6-9H,4H2,1-3H3,(H,12,13)(H,14,15)/t6-,7-,8-,9+,11+/m1/s1. The number of ether oxygens (including phenoxy) is 4. The third-order valence-corrected chi connectivity index (χ3v) is 3.45. The minimum absolute atomic E-state index is 0.151. The van der Waals surface area contributed by atoms with Crippen LogP contribution in [-0.4, -0.2) is 68.0 Å². The van der Waals surface area contributed by atoms with Crippen molar-refractivity contribution in [2.45, 2.75) is 37.1 Å². The van der Waals surface area contributed by atoms with Crippen molar-refractivity contribution >= 4 is 11.9 Å². The molecule has 19 heavy (non-hydrogen) atoms. The summed E-state index contributed by atoms with van der Waals surface area (Å²) in [5.74, 6) is -1.46. The van der Waals surface area contributed by atoms with Gasteiger partial charge in [-0.25, -0.2) is 4.79 Å². The van der Waals surface area contributed by atoms with E-state index in [4.69, 9.17) is 18.9 Å². The monoisotopic (exact) mass is 275 g/mol. The molecular weight excluding hydrogens is 258 g/mol. The number of fused-ring (bicyclic) bond motifs is 2.